The molecule has 0 unspecified atom stereocenters. The van der Waals surface area contributed by atoms with Crippen molar-refractivity contribution in [2.24, 2.45) is 0 Å². The highest BCUT2D eigenvalue weighted by Crippen LogP contribution is 2.29. The van der Waals surface area contributed by atoms with Crippen LogP contribution in [0.25, 0.3) is 0 Å². The predicted molar refractivity (Wildman–Crippen MR) is 134 cm³/mol. The minimum Gasteiger partial charge on any atom is -0.490 e. The van der Waals surface area contributed by atoms with Gasteiger partial charge in [0, 0.05) is 17.8 Å². The monoisotopic (exact) mass is 478 g/mol. The lowest BCUT2D eigenvalue weighted by molar-refractivity contribution is -0.122. The van der Waals surface area contributed by atoms with Crippen molar-refractivity contribution in [3.8, 4) is 23.0 Å². The number of benzene rings is 3. The van der Waals surface area contributed by atoms with Crippen molar-refractivity contribution in [2.45, 2.75) is 13.8 Å². The maximum absolute atomic E-state index is 12.8. The van der Waals surface area contributed by atoms with Gasteiger partial charge in [0.05, 0.1) is 6.61 Å². The Kier molecular flexibility index (Phi) is 9.80. The second kappa shape index (κ2) is 13.5. The van der Waals surface area contributed by atoms with Crippen LogP contribution in [0.15, 0.2) is 72.8 Å². The molecule has 0 aliphatic carbocycles. The average Bonchev–Trinajstić information content (AvgIpc) is 2.88. The van der Waals surface area contributed by atoms with E-state index in [1.165, 1.54) is 0 Å². The molecule has 35 heavy (non-hydrogen) atoms. The fourth-order valence-electron chi connectivity index (χ4n) is 3.10. The van der Waals surface area contributed by atoms with E-state index in [1.807, 2.05) is 44.2 Å². The van der Waals surface area contributed by atoms with Crippen molar-refractivity contribution in [1.82, 2.24) is 5.32 Å². The molecule has 0 aromatic heterocycles. The van der Waals surface area contributed by atoms with E-state index >= 15 is 0 Å². The fourth-order valence-corrected chi connectivity index (χ4v) is 3.10. The number of likely N-dealkylation sites (N-methyl/N-ethyl adjacent to an activating group) is 1. The van der Waals surface area contributed by atoms with Gasteiger partial charge >= 0.3 is 0 Å². The van der Waals surface area contributed by atoms with Gasteiger partial charge in [-0.2, -0.15) is 0 Å². The topological polar surface area (TPSA) is 95.1 Å². The molecule has 0 atom stereocenters. The molecule has 2 N–H and O–H groups in total. The molecule has 8 nitrogen and oxygen atoms in total. The van der Waals surface area contributed by atoms with Crippen LogP contribution in [0.2, 0.25) is 0 Å². The SMILES string of the molecule is CCNC(=O)COc1ccc(NC(=O)c2ccc(OCCOc3ccccc3)c(OCC)c2)cc1. The maximum atomic E-state index is 12.8. The maximum Gasteiger partial charge on any atom is 0.257 e. The second-order valence-corrected chi connectivity index (χ2v) is 7.33. The summed E-state index contributed by atoms with van der Waals surface area (Å²) in [5.74, 6) is 1.84. The summed E-state index contributed by atoms with van der Waals surface area (Å²) in [6, 6.07) is 21.3. The molecule has 0 saturated carbocycles. The molecule has 3 rings (SSSR count). The summed E-state index contributed by atoms with van der Waals surface area (Å²) in [7, 11) is 0. The zero-order valence-electron chi connectivity index (χ0n) is 19.9. The minimum absolute atomic E-state index is 0.0629. The Balaban J connectivity index is 1.55. The van der Waals surface area contributed by atoms with Crippen LogP contribution < -0.4 is 29.6 Å². The van der Waals surface area contributed by atoms with E-state index in [4.69, 9.17) is 18.9 Å². The fraction of sp³-hybridized carbons (Fsp3) is 0.259. The summed E-state index contributed by atoms with van der Waals surface area (Å²) in [5.41, 5.74) is 1.02. The van der Waals surface area contributed by atoms with E-state index in [0.717, 1.165) is 5.75 Å². The Morgan fingerprint density at radius 3 is 2.17 bits per heavy atom. The minimum atomic E-state index is -0.291. The molecular weight excluding hydrogens is 448 g/mol. The molecule has 0 saturated heterocycles. The number of nitrogens with one attached hydrogen (secondary N) is 2. The third kappa shape index (κ3) is 8.26. The highest BCUT2D eigenvalue weighted by atomic mass is 16.5. The van der Waals surface area contributed by atoms with E-state index in [1.54, 1.807) is 42.5 Å². The van der Waals surface area contributed by atoms with Gasteiger partial charge in [-0.25, -0.2) is 0 Å². The first-order valence-electron chi connectivity index (χ1n) is 11.5. The van der Waals surface area contributed by atoms with Gasteiger partial charge in [-0.3, -0.25) is 9.59 Å². The van der Waals surface area contributed by atoms with Crippen molar-refractivity contribution >= 4 is 17.5 Å². The predicted octanol–water partition coefficient (Wildman–Crippen LogP) is 4.31. The summed E-state index contributed by atoms with van der Waals surface area (Å²) < 4.78 is 22.6. The van der Waals surface area contributed by atoms with Crippen LogP contribution in [-0.2, 0) is 4.79 Å². The molecule has 0 bridgehead atoms. The molecule has 3 aromatic carbocycles. The smallest absolute Gasteiger partial charge is 0.257 e. The lowest BCUT2D eigenvalue weighted by Crippen LogP contribution is -2.28. The molecule has 0 fully saturated rings. The highest BCUT2D eigenvalue weighted by Gasteiger charge is 2.12. The molecule has 0 heterocycles. The number of ether oxygens (including phenoxy) is 4. The van der Waals surface area contributed by atoms with Crippen LogP contribution in [0.5, 0.6) is 23.0 Å². The molecule has 184 valence electrons. The number of rotatable bonds is 13. The normalized spacial score (nSPS) is 10.2. The van der Waals surface area contributed by atoms with Crippen LogP contribution in [0, 0.1) is 0 Å². The van der Waals surface area contributed by atoms with Gasteiger partial charge in [-0.05, 0) is 68.4 Å². The zero-order valence-corrected chi connectivity index (χ0v) is 19.9. The van der Waals surface area contributed by atoms with Crippen molar-refractivity contribution in [1.29, 1.82) is 0 Å². The molecule has 0 radical (unpaired) electrons. The number of amides is 2. The first-order valence-corrected chi connectivity index (χ1v) is 11.5. The zero-order chi connectivity index (χ0) is 24.9. The third-order valence-corrected chi connectivity index (χ3v) is 4.71. The molecule has 2 amide bonds. The Bertz CT molecular complexity index is 1090. The van der Waals surface area contributed by atoms with Gasteiger partial charge < -0.3 is 29.6 Å². The first-order chi connectivity index (χ1) is 17.1. The van der Waals surface area contributed by atoms with Gasteiger partial charge in [-0.1, -0.05) is 18.2 Å². The standard InChI is InChI=1S/C27H30N2O6/c1-3-28-26(30)19-35-23-13-11-21(12-14-23)29-27(31)20-10-15-24(25(18-20)32-4-2)34-17-16-33-22-8-6-5-7-9-22/h5-15,18H,3-4,16-17,19H2,1-2H3,(H,28,30)(H,29,31). The Morgan fingerprint density at radius 1 is 0.743 bits per heavy atom. The molecular formula is C27H30N2O6. The third-order valence-electron chi connectivity index (χ3n) is 4.71. The van der Waals surface area contributed by atoms with E-state index in [2.05, 4.69) is 10.6 Å². The highest BCUT2D eigenvalue weighted by molar-refractivity contribution is 6.04. The number of carbonyl (C=O) groups excluding carboxylic acids is 2. The van der Waals surface area contributed by atoms with Gasteiger partial charge in [0.2, 0.25) is 0 Å². The van der Waals surface area contributed by atoms with Crippen LogP contribution in [0.3, 0.4) is 0 Å². The second-order valence-electron chi connectivity index (χ2n) is 7.33. The van der Waals surface area contributed by atoms with Crippen LogP contribution >= 0.6 is 0 Å². The van der Waals surface area contributed by atoms with Gasteiger partial charge in [0.1, 0.15) is 24.7 Å². The number of hydrogen-bond acceptors (Lipinski definition) is 6. The van der Waals surface area contributed by atoms with Crippen molar-refractivity contribution < 1.29 is 28.5 Å². The van der Waals surface area contributed by atoms with Crippen LogP contribution in [0.1, 0.15) is 24.2 Å². The number of anilines is 1. The Morgan fingerprint density at radius 2 is 1.46 bits per heavy atom. The summed E-state index contributed by atoms with van der Waals surface area (Å²) >= 11 is 0. The summed E-state index contributed by atoms with van der Waals surface area (Å²) in [5, 5.41) is 5.50. The number of carbonyl (C=O) groups is 2. The van der Waals surface area contributed by atoms with Gasteiger partial charge in [0.25, 0.3) is 11.8 Å². The van der Waals surface area contributed by atoms with Crippen LogP contribution in [0.4, 0.5) is 5.69 Å². The molecule has 8 heteroatoms. The molecule has 0 spiro atoms. The Hall–Kier alpha value is -4.20. The van der Waals surface area contributed by atoms with Crippen molar-refractivity contribution in [3.05, 3.63) is 78.4 Å². The van der Waals surface area contributed by atoms with E-state index < -0.39 is 0 Å². The van der Waals surface area contributed by atoms with E-state index in [0.29, 0.717) is 54.9 Å². The molecule has 0 aliphatic heterocycles. The average molecular weight is 479 g/mol. The Labute approximate surface area is 205 Å². The molecule has 0 aliphatic rings. The number of para-hydroxylation sites is 1. The van der Waals surface area contributed by atoms with Crippen LogP contribution in [-0.4, -0.2) is 44.8 Å². The quantitative estimate of drug-likeness (QED) is 0.356. The van der Waals surface area contributed by atoms with Gasteiger partial charge in [0.15, 0.2) is 18.1 Å². The van der Waals surface area contributed by atoms with Crippen molar-refractivity contribution in [2.75, 3.05) is 38.3 Å². The lowest BCUT2D eigenvalue weighted by Gasteiger charge is -2.14. The van der Waals surface area contributed by atoms with Crippen molar-refractivity contribution in [3.63, 3.8) is 0 Å². The summed E-state index contributed by atoms with van der Waals surface area (Å²) in [6.45, 7) is 5.33. The van der Waals surface area contributed by atoms with E-state index in [-0.39, 0.29) is 18.4 Å². The number of hydrogen-bond donors (Lipinski definition) is 2. The van der Waals surface area contributed by atoms with E-state index in [9.17, 15) is 9.59 Å². The largest absolute Gasteiger partial charge is 0.490 e. The first kappa shape index (κ1) is 25.4. The summed E-state index contributed by atoms with van der Waals surface area (Å²) in [4.78, 5) is 24.3. The lowest BCUT2D eigenvalue weighted by atomic mass is 10.1. The molecule has 3 aromatic rings. The van der Waals surface area contributed by atoms with Gasteiger partial charge in [-0.15, -0.1) is 0 Å². The summed E-state index contributed by atoms with van der Waals surface area (Å²) in [6.07, 6.45) is 0.